The zero-order valence-corrected chi connectivity index (χ0v) is 19.5. The average Bonchev–Trinajstić information content (AvgIpc) is 3.18. The van der Waals surface area contributed by atoms with Gasteiger partial charge in [0, 0.05) is 19.6 Å². The molecule has 0 bridgehead atoms. The Bertz CT molecular complexity index is 1040. The fraction of sp³-hybridized carbons (Fsp3) is 0.440. The van der Waals surface area contributed by atoms with Crippen LogP contribution >= 0.6 is 0 Å². The Labute approximate surface area is 189 Å². The van der Waals surface area contributed by atoms with E-state index < -0.39 is 5.60 Å². The Kier molecular flexibility index (Phi) is 6.00. The molecule has 7 heteroatoms. The molecule has 7 nitrogen and oxygen atoms in total. The lowest BCUT2D eigenvalue weighted by Crippen LogP contribution is -2.35. The summed E-state index contributed by atoms with van der Waals surface area (Å²) >= 11 is 0. The molecule has 2 heterocycles. The molecule has 0 unspecified atom stereocenters. The highest BCUT2D eigenvalue weighted by molar-refractivity contribution is 5.91. The first kappa shape index (κ1) is 22.0. The van der Waals surface area contributed by atoms with Crippen LogP contribution < -0.4 is 14.4 Å². The molecule has 0 saturated heterocycles. The highest BCUT2D eigenvalue weighted by atomic mass is 16.6. The Balaban J connectivity index is 1.48. The van der Waals surface area contributed by atoms with E-state index in [4.69, 9.17) is 19.2 Å². The molecular formula is C25H31N3O4. The van der Waals surface area contributed by atoms with Crippen molar-refractivity contribution in [1.82, 2.24) is 4.90 Å². The van der Waals surface area contributed by atoms with Gasteiger partial charge in [-0.25, -0.2) is 9.79 Å². The van der Waals surface area contributed by atoms with E-state index in [2.05, 4.69) is 17.0 Å². The second-order valence-corrected chi connectivity index (χ2v) is 9.14. The molecule has 4 rings (SSSR count). The number of carbonyl (C=O) groups is 1. The van der Waals surface area contributed by atoms with E-state index >= 15 is 0 Å². The first-order valence-electron chi connectivity index (χ1n) is 10.9. The van der Waals surface area contributed by atoms with Crippen LogP contribution in [0.2, 0.25) is 0 Å². The van der Waals surface area contributed by atoms with Crippen molar-refractivity contribution in [3.05, 3.63) is 47.0 Å². The third kappa shape index (κ3) is 4.66. The minimum absolute atomic E-state index is 0.311. The van der Waals surface area contributed by atoms with Gasteiger partial charge < -0.3 is 19.1 Å². The lowest BCUT2D eigenvalue weighted by Gasteiger charge is -2.28. The van der Waals surface area contributed by atoms with Crippen LogP contribution in [-0.2, 0) is 24.1 Å². The van der Waals surface area contributed by atoms with Gasteiger partial charge in [-0.3, -0.25) is 4.90 Å². The highest BCUT2D eigenvalue weighted by Crippen LogP contribution is 2.34. The normalized spacial score (nSPS) is 15.5. The van der Waals surface area contributed by atoms with Crippen LogP contribution in [0.25, 0.3) is 0 Å². The van der Waals surface area contributed by atoms with Crippen molar-refractivity contribution in [2.45, 2.75) is 45.8 Å². The van der Waals surface area contributed by atoms with Gasteiger partial charge in [0.2, 0.25) is 0 Å². The quantitative estimate of drug-likeness (QED) is 0.512. The molecule has 0 saturated carbocycles. The third-order valence-electron chi connectivity index (χ3n) is 5.70. The van der Waals surface area contributed by atoms with Crippen molar-refractivity contribution < 1.29 is 19.0 Å². The molecule has 0 atom stereocenters. The minimum Gasteiger partial charge on any atom is -0.493 e. The number of ether oxygens (including phenoxy) is 3. The second-order valence-electron chi connectivity index (χ2n) is 9.14. The van der Waals surface area contributed by atoms with Crippen LogP contribution in [0, 0.1) is 0 Å². The Morgan fingerprint density at radius 1 is 0.969 bits per heavy atom. The van der Waals surface area contributed by atoms with Crippen LogP contribution in [0.1, 0.15) is 37.5 Å². The minimum atomic E-state index is -0.521. The highest BCUT2D eigenvalue weighted by Gasteiger charge is 2.29. The van der Waals surface area contributed by atoms with Gasteiger partial charge in [-0.15, -0.1) is 0 Å². The standard InChI is InChI=1S/C25H31N3O4/c1-25(2,3)32-24(29)28-11-9-17-6-7-20(14-21(17)28)26-16-27-10-8-18-12-22(30-4)23(31-5)13-19(18)15-27/h6-7,12-14,16H,8-11,15H2,1-5H3. The number of aliphatic imine (C=N–C) groups is 1. The Hall–Kier alpha value is -3.22. The zero-order valence-electron chi connectivity index (χ0n) is 19.5. The van der Waals surface area contributed by atoms with Crippen LogP contribution in [0.4, 0.5) is 16.2 Å². The number of hydrogen-bond donors (Lipinski definition) is 0. The van der Waals surface area contributed by atoms with E-state index in [1.165, 1.54) is 11.1 Å². The average molecular weight is 438 g/mol. The molecule has 0 fully saturated rings. The maximum Gasteiger partial charge on any atom is 0.414 e. The van der Waals surface area contributed by atoms with E-state index in [1.807, 2.05) is 45.3 Å². The summed E-state index contributed by atoms with van der Waals surface area (Å²) in [7, 11) is 3.31. The predicted molar refractivity (Wildman–Crippen MR) is 126 cm³/mol. The maximum atomic E-state index is 12.6. The Morgan fingerprint density at radius 2 is 1.66 bits per heavy atom. The summed E-state index contributed by atoms with van der Waals surface area (Å²) in [6.07, 6.45) is 3.31. The first-order valence-corrected chi connectivity index (χ1v) is 10.9. The topological polar surface area (TPSA) is 63.6 Å². The van der Waals surface area contributed by atoms with Crippen molar-refractivity contribution in [1.29, 1.82) is 0 Å². The fourth-order valence-electron chi connectivity index (χ4n) is 4.11. The van der Waals surface area contributed by atoms with Crippen molar-refractivity contribution in [3.63, 3.8) is 0 Å². The van der Waals surface area contributed by atoms with Crippen molar-refractivity contribution in [3.8, 4) is 11.5 Å². The van der Waals surface area contributed by atoms with Gasteiger partial charge in [0.15, 0.2) is 11.5 Å². The van der Waals surface area contributed by atoms with E-state index in [0.717, 1.165) is 54.4 Å². The van der Waals surface area contributed by atoms with E-state index in [0.29, 0.717) is 6.54 Å². The SMILES string of the molecule is COc1cc2c(cc1OC)CN(C=Nc1ccc3c(c1)N(C(=O)OC(C)(C)C)CC3)CC2. The van der Waals surface area contributed by atoms with Gasteiger partial charge in [-0.2, -0.15) is 0 Å². The van der Waals surface area contributed by atoms with E-state index in [9.17, 15) is 4.79 Å². The summed E-state index contributed by atoms with van der Waals surface area (Å²) in [5.41, 5.74) is 4.81. The third-order valence-corrected chi connectivity index (χ3v) is 5.70. The van der Waals surface area contributed by atoms with Gasteiger partial charge in [0.25, 0.3) is 0 Å². The largest absolute Gasteiger partial charge is 0.493 e. The summed E-state index contributed by atoms with van der Waals surface area (Å²) in [6, 6.07) is 10.1. The van der Waals surface area contributed by atoms with Crippen LogP contribution in [0.3, 0.4) is 0 Å². The zero-order chi connectivity index (χ0) is 22.9. The molecule has 0 aromatic heterocycles. The van der Waals surface area contributed by atoms with Gasteiger partial charge in [0.1, 0.15) is 5.60 Å². The predicted octanol–water partition coefficient (Wildman–Crippen LogP) is 4.72. The molecule has 0 spiro atoms. The fourth-order valence-corrected chi connectivity index (χ4v) is 4.11. The number of anilines is 1. The first-order chi connectivity index (χ1) is 15.3. The molecule has 1 amide bonds. The molecule has 2 aliphatic heterocycles. The lowest BCUT2D eigenvalue weighted by atomic mass is 9.99. The number of rotatable bonds is 4. The number of fused-ring (bicyclic) bond motifs is 2. The summed E-state index contributed by atoms with van der Waals surface area (Å²) in [6.45, 7) is 7.90. The van der Waals surface area contributed by atoms with Crippen LogP contribution in [0.5, 0.6) is 11.5 Å². The molecular weight excluding hydrogens is 406 g/mol. The summed E-state index contributed by atoms with van der Waals surface area (Å²) < 4.78 is 16.4. The van der Waals surface area contributed by atoms with Crippen molar-refractivity contribution >= 4 is 23.8 Å². The van der Waals surface area contributed by atoms with Gasteiger partial charge >= 0.3 is 6.09 Å². The number of carbonyl (C=O) groups excluding carboxylic acids is 1. The summed E-state index contributed by atoms with van der Waals surface area (Å²) in [4.78, 5) is 21.2. The van der Waals surface area contributed by atoms with Crippen molar-refractivity contribution in [2.75, 3.05) is 32.2 Å². The van der Waals surface area contributed by atoms with E-state index in [1.54, 1.807) is 19.1 Å². The number of benzene rings is 2. The Morgan fingerprint density at radius 3 is 2.34 bits per heavy atom. The van der Waals surface area contributed by atoms with Gasteiger partial charge in [-0.05, 0) is 74.6 Å². The van der Waals surface area contributed by atoms with Crippen LogP contribution in [0.15, 0.2) is 35.3 Å². The summed E-state index contributed by atoms with van der Waals surface area (Å²) in [5, 5.41) is 0. The number of amides is 1. The molecule has 32 heavy (non-hydrogen) atoms. The molecule has 2 aliphatic rings. The summed E-state index contributed by atoms with van der Waals surface area (Å²) in [5.74, 6) is 1.51. The second kappa shape index (κ2) is 8.73. The lowest BCUT2D eigenvalue weighted by molar-refractivity contribution is 0.0584. The van der Waals surface area contributed by atoms with Crippen LogP contribution in [-0.4, -0.2) is 50.2 Å². The van der Waals surface area contributed by atoms with E-state index in [-0.39, 0.29) is 6.09 Å². The monoisotopic (exact) mass is 437 g/mol. The smallest absolute Gasteiger partial charge is 0.414 e. The molecule has 0 aliphatic carbocycles. The molecule has 2 aromatic rings. The number of nitrogens with zero attached hydrogens (tertiary/aromatic N) is 3. The molecule has 0 radical (unpaired) electrons. The number of methoxy groups -OCH3 is 2. The molecule has 2 aromatic carbocycles. The maximum absolute atomic E-state index is 12.6. The molecule has 170 valence electrons. The van der Waals surface area contributed by atoms with Crippen molar-refractivity contribution in [2.24, 2.45) is 4.99 Å². The molecule has 0 N–H and O–H groups in total. The number of hydrogen-bond acceptors (Lipinski definition) is 5. The van der Waals surface area contributed by atoms with Gasteiger partial charge in [-0.1, -0.05) is 6.07 Å². The van der Waals surface area contributed by atoms with Gasteiger partial charge in [0.05, 0.1) is 31.9 Å².